The van der Waals surface area contributed by atoms with Crippen molar-refractivity contribution < 1.29 is 0 Å². The fourth-order valence-electron chi connectivity index (χ4n) is 2.66. The van der Waals surface area contributed by atoms with Crippen LogP contribution in [0.25, 0.3) is 22.4 Å². The highest BCUT2D eigenvalue weighted by molar-refractivity contribution is 6.35. The number of benzene rings is 2. The lowest BCUT2D eigenvalue weighted by molar-refractivity contribution is 0.775. The number of hydrogen-bond donors (Lipinski definition) is 1. The largest absolute Gasteiger partial charge is 0.398 e. The topological polar surface area (TPSA) is 43.8 Å². The number of aromatic nitrogens is 2. The van der Waals surface area contributed by atoms with Crippen LogP contribution in [-0.2, 0) is 0 Å². The van der Waals surface area contributed by atoms with E-state index < -0.39 is 0 Å². The number of hydrogen-bond acceptors (Lipinski definition) is 2. The van der Waals surface area contributed by atoms with Crippen molar-refractivity contribution in [3.8, 4) is 11.4 Å². The summed E-state index contributed by atoms with van der Waals surface area (Å²) >= 11 is 12.5. The number of nitrogen functional groups attached to an aromatic ring is 1. The lowest BCUT2D eigenvalue weighted by atomic mass is 10.2. The predicted octanol–water partition coefficient (Wildman–Crippen LogP) is 4.93. The zero-order valence-electron chi connectivity index (χ0n) is 11.2. The lowest BCUT2D eigenvalue weighted by Gasteiger charge is -2.09. The van der Waals surface area contributed by atoms with Gasteiger partial charge in [0, 0.05) is 11.6 Å². The number of rotatable bonds is 2. The van der Waals surface area contributed by atoms with Gasteiger partial charge in [-0.05, 0) is 43.2 Å². The molecule has 3 aromatic rings. The number of halogens is 2. The van der Waals surface area contributed by atoms with Crippen molar-refractivity contribution >= 4 is 39.9 Å². The summed E-state index contributed by atoms with van der Waals surface area (Å²) in [7, 11) is 0. The van der Waals surface area contributed by atoms with Gasteiger partial charge in [0.05, 0.1) is 26.8 Å². The Bertz CT molecular complexity index is 850. The number of para-hydroxylation sites is 1. The Kier molecular flexibility index (Phi) is 2.88. The molecule has 0 radical (unpaired) electrons. The molecule has 0 bridgehead atoms. The fraction of sp³-hybridized carbons (Fsp3) is 0.188. The molecule has 1 fully saturated rings. The summed E-state index contributed by atoms with van der Waals surface area (Å²) in [6.07, 6.45) is 2.32. The summed E-state index contributed by atoms with van der Waals surface area (Å²) in [5.41, 5.74) is 9.26. The maximum Gasteiger partial charge on any atom is 0.141 e. The molecule has 2 N–H and O–H groups in total. The number of nitrogens with zero attached hydrogens (tertiary/aromatic N) is 2. The first-order valence-electron chi connectivity index (χ1n) is 6.87. The highest BCUT2D eigenvalue weighted by atomic mass is 35.5. The van der Waals surface area contributed by atoms with Crippen molar-refractivity contribution in [1.82, 2.24) is 9.55 Å². The molecule has 0 atom stereocenters. The number of imidazole rings is 1. The molecule has 5 heteroatoms. The molecule has 1 aromatic heterocycles. The molecular weight excluding hydrogens is 305 g/mol. The Labute approximate surface area is 132 Å². The molecule has 2 aromatic carbocycles. The van der Waals surface area contributed by atoms with Crippen LogP contribution < -0.4 is 5.73 Å². The molecule has 0 unspecified atom stereocenters. The van der Waals surface area contributed by atoms with Gasteiger partial charge >= 0.3 is 0 Å². The molecule has 1 aliphatic carbocycles. The summed E-state index contributed by atoms with van der Waals surface area (Å²) in [5.74, 6) is 0.905. The van der Waals surface area contributed by atoms with Gasteiger partial charge in [0.2, 0.25) is 0 Å². The second kappa shape index (κ2) is 4.65. The number of nitrogens with two attached hydrogens (primary N) is 1. The highest BCUT2D eigenvalue weighted by Crippen LogP contribution is 2.43. The van der Waals surface area contributed by atoms with Gasteiger partial charge < -0.3 is 10.3 Å². The minimum absolute atomic E-state index is 0.473. The Morgan fingerprint density at radius 1 is 1.10 bits per heavy atom. The third kappa shape index (κ3) is 2.08. The van der Waals surface area contributed by atoms with Gasteiger partial charge in [-0.25, -0.2) is 4.98 Å². The monoisotopic (exact) mass is 317 g/mol. The van der Waals surface area contributed by atoms with Crippen LogP contribution >= 0.6 is 23.2 Å². The van der Waals surface area contributed by atoms with E-state index in [1.165, 1.54) is 0 Å². The molecule has 4 rings (SSSR count). The zero-order valence-corrected chi connectivity index (χ0v) is 12.7. The van der Waals surface area contributed by atoms with Gasteiger partial charge in [0.25, 0.3) is 0 Å². The van der Waals surface area contributed by atoms with E-state index in [1.54, 1.807) is 0 Å². The molecule has 106 valence electrons. The van der Waals surface area contributed by atoms with Gasteiger partial charge in [0.15, 0.2) is 0 Å². The van der Waals surface area contributed by atoms with Crippen LogP contribution in [-0.4, -0.2) is 9.55 Å². The van der Waals surface area contributed by atoms with Crippen molar-refractivity contribution in [2.75, 3.05) is 5.73 Å². The standard InChI is InChI=1S/C16H13Cl2N3/c17-11-2-1-3-14-15(11)21(10-5-6-10)16(20-14)9-4-7-13(19)12(18)8-9/h1-4,7-8,10H,5-6,19H2. The van der Waals surface area contributed by atoms with E-state index in [-0.39, 0.29) is 0 Å². The first-order valence-corrected chi connectivity index (χ1v) is 7.62. The average Bonchev–Trinajstić information content (AvgIpc) is 3.22. The predicted molar refractivity (Wildman–Crippen MR) is 87.9 cm³/mol. The molecule has 0 aliphatic heterocycles. The van der Waals surface area contributed by atoms with E-state index in [9.17, 15) is 0 Å². The van der Waals surface area contributed by atoms with Crippen LogP contribution in [0.2, 0.25) is 10.0 Å². The third-order valence-electron chi connectivity index (χ3n) is 3.83. The smallest absolute Gasteiger partial charge is 0.141 e. The summed E-state index contributed by atoms with van der Waals surface area (Å²) in [5, 5.41) is 1.28. The summed E-state index contributed by atoms with van der Waals surface area (Å²) in [6.45, 7) is 0. The molecule has 0 saturated heterocycles. The SMILES string of the molecule is Nc1ccc(-c2nc3cccc(Cl)c3n2C2CC2)cc1Cl. The molecule has 1 heterocycles. The number of fused-ring (bicyclic) bond motifs is 1. The maximum absolute atomic E-state index is 6.38. The van der Waals surface area contributed by atoms with Crippen LogP contribution in [0.1, 0.15) is 18.9 Å². The van der Waals surface area contributed by atoms with Crippen molar-refractivity contribution in [1.29, 1.82) is 0 Å². The maximum atomic E-state index is 6.38. The van der Waals surface area contributed by atoms with Crippen LogP contribution in [0.4, 0.5) is 5.69 Å². The Hall–Kier alpha value is -1.71. The van der Waals surface area contributed by atoms with Crippen LogP contribution in [0.3, 0.4) is 0 Å². The summed E-state index contributed by atoms with van der Waals surface area (Å²) in [4.78, 5) is 4.75. The molecule has 1 aliphatic rings. The second-order valence-electron chi connectivity index (χ2n) is 5.38. The zero-order chi connectivity index (χ0) is 14.6. The first-order chi connectivity index (χ1) is 10.1. The lowest BCUT2D eigenvalue weighted by Crippen LogP contribution is -1.98. The van der Waals surface area contributed by atoms with Gasteiger partial charge in [-0.3, -0.25) is 0 Å². The molecule has 1 saturated carbocycles. The minimum Gasteiger partial charge on any atom is -0.398 e. The van der Waals surface area contributed by atoms with E-state index in [2.05, 4.69) is 4.57 Å². The van der Waals surface area contributed by atoms with Crippen LogP contribution in [0, 0.1) is 0 Å². The minimum atomic E-state index is 0.473. The van der Waals surface area contributed by atoms with Crippen LogP contribution in [0.15, 0.2) is 36.4 Å². The highest BCUT2D eigenvalue weighted by Gasteiger charge is 2.29. The van der Waals surface area contributed by atoms with Crippen LogP contribution in [0.5, 0.6) is 0 Å². The second-order valence-corrected chi connectivity index (χ2v) is 6.19. The molecule has 0 spiro atoms. The van der Waals surface area contributed by atoms with E-state index in [0.29, 0.717) is 16.8 Å². The van der Waals surface area contributed by atoms with Crippen molar-refractivity contribution in [2.45, 2.75) is 18.9 Å². The Morgan fingerprint density at radius 3 is 2.62 bits per heavy atom. The van der Waals surface area contributed by atoms with E-state index in [4.69, 9.17) is 33.9 Å². The van der Waals surface area contributed by atoms with Crippen molar-refractivity contribution in [3.63, 3.8) is 0 Å². The number of anilines is 1. The molecule has 3 nitrogen and oxygen atoms in total. The Balaban J connectivity index is 2.01. The summed E-state index contributed by atoms with van der Waals surface area (Å²) < 4.78 is 2.24. The fourth-order valence-corrected chi connectivity index (χ4v) is 3.11. The van der Waals surface area contributed by atoms with Gasteiger partial charge in [-0.1, -0.05) is 29.3 Å². The average molecular weight is 318 g/mol. The van der Waals surface area contributed by atoms with Gasteiger partial charge in [0.1, 0.15) is 5.82 Å². The van der Waals surface area contributed by atoms with Gasteiger partial charge in [-0.15, -0.1) is 0 Å². The van der Waals surface area contributed by atoms with Crippen molar-refractivity contribution in [2.24, 2.45) is 0 Å². The quantitative estimate of drug-likeness (QED) is 0.681. The first kappa shape index (κ1) is 13.0. The van der Waals surface area contributed by atoms with E-state index in [0.717, 1.165) is 40.3 Å². The van der Waals surface area contributed by atoms with E-state index >= 15 is 0 Å². The molecule has 0 amide bonds. The third-order valence-corrected chi connectivity index (χ3v) is 4.46. The molecular formula is C16H13Cl2N3. The molecule has 21 heavy (non-hydrogen) atoms. The van der Waals surface area contributed by atoms with Crippen molar-refractivity contribution in [3.05, 3.63) is 46.4 Å². The van der Waals surface area contributed by atoms with E-state index in [1.807, 2.05) is 36.4 Å². The summed E-state index contributed by atoms with van der Waals surface area (Å²) in [6, 6.07) is 11.9. The Morgan fingerprint density at radius 2 is 1.90 bits per heavy atom. The van der Waals surface area contributed by atoms with Gasteiger partial charge in [-0.2, -0.15) is 0 Å². The normalized spacial score (nSPS) is 14.8.